The summed E-state index contributed by atoms with van der Waals surface area (Å²) in [6, 6.07) is 13.3. The van der Waals surface area contributed by atoms with Gasteiger partial charge in [0.1, 0.15) is 11.8 Å². The summed E-state index contributed by atoms with van der Waals surface area (Å²) in [5, 5.41) is 8.70. The Hall–Kier alpha value is -2.34. The van der Waals surface area contributed by atoms with Crippen LogP contribution in [0.3, 0.4) is 0 Å². The highest BCUT2D eigenvalue weighted by atomic mass is 16.5. The molecule has 3 nitrogen and oxygen atoms in total. The van der Waals surface area contributed by atoms with Crippen LogP contribution in [0, 0.1) is 11.3 Å². The minimum atomic E-state index is 0.389. The maximum Gasteiger partial charge on any atom is 0.219 e. The predicted molar refractivity (Wildman–Crippen MR) is 69.6 cm³/mol. The second-order valence-electron chi connectivity index (χ2n) is 4.29. The van der Waals surface area contributed by atoms with Gasteiger partial charge in [0.05, 0.1) is 5.56 Å². The number of nitriles is 1. The van der Waals surface area contributed by atoms with Crippen molar-refractivity contribution in [3.8, 4) is 17.7 Å². The van der Waals surface area contributed by atoms with E-state index in [2.05, 4.69) is 18.8 Å². The van der Waals surface area contributed by atoms with Gasteiger partial charge in [-0.1, -0.05) is 32.0 Å². The molecule has 0 saturated heterocycles. The molecule has 3 heteroatoms. The van der Waals surface area contributed by atoms with E-state index in [1.807, 2.05) is 30.3 Å². The number of aromatic nitrogens is 1. The minimum Gasteiger partial charge on any atom is -0.439 e. The van der Waals surface area contributed by atoms with Gasteiger partial charge in [-0.3, -0.25) is 0 Å². The summed E-state index contributed by atoms with van der Waals surface area (Å²) in [4.78, 5) is 4.10. The summed E-state index contributed by atoms with van der Waals surface area (Å²) < 4.78 is 5.75. The molecule has 0 atom stereocenters. The summed E-state index contributed by atoms with van der Waals surface area (Å²) in [5.74, 6) is 1.70. The average molecular weight is 238 g/mol. The molecule has 18 heavy (non-hydrogen) atoms. The van der Waals surface area contributed by atoms with Crippen molar-refractivity contribution in [2.24, 2.45) is 0 Å². The molecule has 0 N–H and O–H groups in total. The van der Waals surface area contributed by atoms with Crippen LogP contribution in [0.5, 0.6) is 11.6 Å². The van der Waals surface area contributed by atoms with Crippen LogP contribution in [0.4, 0.5) is 0 Å². The number of pyridine rings is 1. The number of benzene rings is 1. The maximum atomic E-state index is 8.70. The Morgan fingerprint density at radius 1 is 1.17 bits per heavy atom. The Morgan fingerprint density at radius 2 is 1.94 bits per heavy atom. The monoisotopic (exact) mass is 238 g/mol. The molecule has 0 amide bonds. The van der Waals surface area contributed by atoms with Gasteiger partial charge in [-0.25, -0.2) is 4.98 Å². The number of ether oxygens (including phenoxy) is 1. The fraction of sp³-hybridized carbons (Fsp3) is 0.200. The van der Waals surface area contributed by atoms with E-state index < -0.39 is 0 Å². The van der Waals surface area contributed by atoms with Gasteiger partial charge in [-0.15, -0.1) is 0 Å². The smallest absolute Gasteiger partial charge is 0.219 e. The van der Waals surface area contributed by atoms with E-state index in [0.717, 1.165) is 11.3 Å². The molecule has 1 aromatic heterocycles. The molecular formula is C15H14N2O. The highest BCUT2D eigenvalue weighted by Crippen LogP contribution is 2.29. The first-order valence-corrected chi connectivity index (χ1v) is 5.83. The van der Waals surface area contributed by atoms with E-state index in [-0.39, 0.29) is 0 Å². The van der Waals surface area contributed by atoms with Crippen LogP contribution >= 0.6 is 0 Å². The molecular weight excluding hydrogens is 224 g/mol. The molecule has 0 saturated carbocycles. The molecule has 1 aromatic carbocycles. The Bertz CT molecular complexity index is 568. The van der Waals surface area contributed by atoms with Crippen molar-refractivity contribution in [3.05, 3.63) is 53.7 Å². The van der Waals surface area contributed by atoms with Gasteiger partial charge in [-0.05, 0) is 23.6 Å². The lowest BCUT2D eigenvalue weighted by molar-refractivity contribution is 0.454. The SMILES string of the molecule is CC(C)c1ccccc1Oc1ccc(C#N)cn1. The maximum absolute atomic E-state index is 8.70. The predicted octanol–water partition coefficient (Wildman–Crippen LogP) is 3.87. The van der Waals surface area contributed by atoms with Crippen LogP contribution in [0.2, 0.25) is 0 Å². The first kappa shape index (κ1) is 12.1. The third kappa shape index (κ3) is 2.67. The summed E-state index contributed by atoms with van der Waals surface area (Å²) in [6.07, 6.45) is 1.51. The molecule has 90 valence electrons. The van der Waals surface area contributed by atoms with Crippen LogP contribution in [-0.2, 0) is 0 Å². The zero-order valence-corrected chi connectivity index (χ0v) is 10.4. The topological polar surface area (TPSA) is 45.9 Å². The van der Waals surface area contributed by atoms with E-state index in [9.17, 15) is 0 Å². The largest absolute Gasteiger partial charge is 0.439 e. The van der Waals surface area contributed by atoms with Crippen molar-refractivity contribution in [2.45, 2.75) is 19.8 Å². The molecule has 0 aliphatic carbocycles. The molecule has 0 bridgehead atoms. The Kier molecular flexibility index (Phi) is 3.59. The van der Waals surface area contributed by atoms with Gasteiger partial charge in [0.2, 0.25) is 5.88 Å². The van der Waals surface area contributed by atoms with Crippen LogP contribution in [-0.4, -0.2) is 4.98 Å². The quantitative estimate of drug-likeness (QED) is 0.815. The normalized spacial score (nSPS) is 10.1. The second-order valence-corrected chi connectivity index (χ2v) is 4.29. The Morgan fingerprint density at radius 3 is 2.56 bits per heavy atom. The molecule has 0 fully saturated rings. The molecule has 0 unspecified atom stereocenters. The molecule has 1 heterocycles. The minimum absolute atomic E-state index is 0.389. The lowest BCUT2D eigenvalue weighted by Gasteiger charge is -2.12. The number of para-hydroxylation sites is 1. The van der Waals surface area contributed by atoms with Gasteiger partial charge in [0, 0.05) is 12.3 Å². The van der Waals surface area contributed by atoms with E-state index in [0.29, 0.717) is 17.4 Å². The number of nitrogens with zero attached hydrogens (tertiary/aromatic N) is 2. The lowest BCUT2D eigenvalue weighted by Crippen LogP contribution is -1.95. The third-order valence-corrected chi connectivity index (χ3v) is 2.62. The standard InChI is InChI=1S/C15H14N2O/c1-11(2)13-5-3-4-6-14(13)18-15-8-7-12(9-16)10-17-15/h3-8,10-11H,1-2H3. The van der Waals surface area contributed by atoms with Crippen LogP contribution in [0.1, 0.15) is 30.9 Å². The Balaban J connectivity index is 2.26. The van der Waals surface area contributed by atoms with E-state index in [4.69, 9.17) is 10.00 Å². The molecule has 0 aliphatic rings. The highest BCUT2D eigenvalue weighted by molar-refractivity contribution is 5.38. The van der Waals surface area contributed by atoms with Crippen molar-refractivity contribution in [2.75, 3.05) is 0 Å². The van der Waals surface area contributed by atoms with Gasteiger partial charge < -0.3 is 4.74 Å². The zero-order chi connectivity index (χ0) is 13.0. The average Bonchev–Trinajstić information content (AvgIpc) is 2.40. The number of hydrogen-bond donors (Lipinski definition) is 0. The fourth-order valence-corrected chi connectivity index (χ4v) is 1.67. The molecule has 0 spiro atoms. The Labute approximate surface area is 107 Å². The van der Waals surface area contributed by atoms with Gasteiger partial charge >= 0.3 is 0 Å². The fourth-order valence-electron chi connectivity index (χ4n) is 1.67. The van der Waals surface area contributed by atoms with Gasteiger partial charge in [0.25, 0.3) is 0 Å². The van der Waals surface area contributed by atoms with Crippen LogP contribution < -0.4 is 4.74 Å². The van der Waals surface area contributed by atoms with Gasteiger partial charge in [-0.2, -0.15) is 5.26 Å². The molecule has 2 rings (SSSR count). The number of hydrogen-bond acceptors (Lipinski definition) is 3. The van der Waals surface area contributed by atoms with Gasteiger partial charge in [0.15, 0.2) is 0 Å². The van der Waals surface area contributed by atoms with E-state index in [1.165, 1.54) is 6.20 Å². The first-order valence-electron chi connectivity index (χ1n) is 5.83. The highest BCUT2D eigenvalue weighted by Gasteiger charge is 2.08. The van der Waals surface area contributed by atoms with E-state index >= 15 is 0 Å². The summed E-state index contributed by atoms with van der Waals surface area (Å²) in [7, 11) is 0. The molecule has 2 aromatic rings. The first-order chi connectivity index (χ1) is 8.70. The van der Waals surface area contributed by atoms with Crippen molar-refractivity contribution in [1.29, 1.82) is 5.26 Å². The molecule has 0 radical (unpaired) electrons. The second kappa shape index (κ2) is 5.33. The third-order valence-electron chi connectivity index (χ3n) is 2.62. The van der Waals surface area contributed by atoms with Crippen molar-refractivity contribution in [3.63, 3.8) is 0 Å². The summed E-state index contributed by atoms with van der Waals surface area (Å²) >= 11 is 0. The van der Waals surface area contributed by atoms with Crippen molar-refractivity contribution < 1.29 is 4.74 Å². The number of rotatable bonds is 3. The van der Waals surface area contributed by atoms with Crippen molar-refractivity contribution in [1.82, 2.24) is 4.98 Å². The van der Waals surface area contributed by atoms with Crippen LogP contribution in [0.15, 0.2) is 42.6 Å². The molecule has 0 aliphatic heterocycles. The van der Waals surface area contributed by atoms with Crippen molar-refractivity contribution >= 4 is 0 Å². The summed E-state index contributed by atoms with van der Waals surface area (Å²) in [5.41, 5.74) is 1.67. The summed E-state index contributed by atoms with van der Waals surface area (Å²) in [6.45, 7) is 4.24. The lowest BCUT2D eigenvalue weighted by atomic mass is 10.0. The van der Waals surface area contributed by atoms with Crippen LogP contribution in [0.25, 0.3) is 0 Å². The zero-order valence-electron chi connectivity index (χ0n) is 10.4. The van der Waals surface area contributed by atoms with E-state index in [1.54, 1.807) is 12.1 Å².